The van der Waals surface area contributed by atoms with Crippen molar-refractivity contribution in [1.29, 1.82) is 0 Å². The number of carbonyl (C=O) groups excluding carboxylic acids is 1. The molecule has 0 aliphatic rings. The minimum Gasteiger partial charge on any atom is -0.480 e. The minimum absolute atomic E-state index is 0.0811. The smallest absolute Gasteiger partial charge is 0.323 e. The van der Waals surface area contributed by atoms with Gasteiger partial charge < -0.3 is 14.9 Å². The second kappa shape index (κ2) is 6.56. The number of halogens is 1. The van der Waals surface area contributed by atoms with Crippen molar-refractivity contribution < 1.29 is 19.1 Å². The molecule has 0 bridgehead atoms. The van der Waals surface area contributed by atoms with Crippen molar-refractivity contribution in [3.63, 3.8) is 0 Å². The second-order valence-electron chi connectivity index (χ2n) is 5.88. The number of carboxylic acids is 1. The highest BCUT2D eigenvalue weighted by atomic mass is 19.1. The van der Waals surface area contributed by atoms with Gasteiger partial charge in [-0.05, 0) is 26.8 Å². The van der Waals surface area contributed by atoms with E-state index < -0.39 is 29.9 Å². The maximum atomic E-state index is 13.6. The molecule has 0 aliphatic heterocycles. The Bertz CT molecular complexity index is 526. The average Bonchev–Trinajstić information content (AvgIpc) is 2.36. The van der Waals surface area contributed by atoms with Crippen LogP contribution in [0.15, 0.2) is 24.3 Å². The summed E-state index contributed by atoms with van der Waals surface area (Å²) in [5.74, 6) is -1.48. The van der Waals surface area contributed by atoms with Crippen LogP contribution in [0.1, 0.15) is 26.3 Å². The number of rotatable bonds is 4. The molecule has 0 unspecified atom stereocenters. The quantitative estimate of drug-likeness (QED) is 0.929. The monoisotopic (exact) mass is 296 g/mol. The van der Waals surface area contributed by atoms with Crippen molar-refractivity contribution in [2.24, 2.45) is 0 Å². The molecule has 0 radical (unpaired) electrons. The Labute approximate surface area is 124 Å². The molecule has 21 heavy (non-hydrogen) atoms. The van der Waals surface area contributed by atoms with Gasteiger partial charge in [0.1, 0.15) is 12.4 Å². The Balaban J connectivity index is 2.88. The Morgan fingerprint density at radius 1 is 1.24 bits per heavy atom. The molecule has 0 atom stereocenters. The van der Waals surface area contributed by atoms with E-state index in [1.54, 1.807) is 39.0 Å². The fourth-order valence-electron chi connectivity index (χ4n) is 1.88. The molecule has 0 heterocycles. The maximum Gasteiger partial charge on any atom is 0.323 e. The number of nitrogens with zero attached hydrogens (tertiary/aromatic N) is 2. The standard InChI is InChI=1S/C15H21FN2O3/c1-15(2,3)18(10-13(19)20)14(21)17(4)9-11-7-5-6-8-12(11)16/h5-8H,9-10H2,1-4H3,(H,19,20). The van der Waals surface area contributed by atoms with E-state index in [9.17, 15) is 14.0 Å². The summed E-state index contributed by atoms with van der Waals surface area (Å²) in [4.78, 5) is 25.9. The Morgan fingerprint density at radius 2 is 1.81 bits per heavy atom. The first kappa shape index (κ1) is 16.9. The average molecular weight is 296 g/mol. The molecule has 0 fully saturated rings. The summed E-state index contributed by atoms with van der Waals surface area (Å²) in [5, 5.41) is 8.94. The fraction of sp³-hybridized carbons (Fsp3) is 0.467. The summed E-state index contributed by atoms with van der Waals surface area (Å²) in [6.45, 7) is 4.95. The van der Waals surface area contributed by atoms with Gasteiger partial charge in [0, 0.05) is 24.7 Å². The van der Waals surface area contributed by atoms with Gasteiger partial charge in [-0.15, -0.1) is 0 Å². The van der Waals surface area contributed by atoms with Crippen molar-refractivity contribution in [2.45, 2.75) is 32.9 Å². The van der Waals surface area contributed by atoms with Gasteiger partial charge in [0.2, 0.25) is 0 Å². The van der Waals surface area contributed by atoms with E-state index in [1.807, 2.05) is 0 Å². The van der Waals surface area contributed by atoms with E-state index in [1.165, 1.54) is 22.9 Å². The third-order valence-electron chi connectivity index (χ3n) is 3.03. The van der Waals surface area contributed by atoms with Crippen LogP contribution >= 0.6 is 0 Å². The first-order valence-corrected chi connectivity index (χ1v) is 6.61. The van der Waals surface area contributed by atoms with Crippen LogP contribution in [0.25, 0.3) is 0 Å². The highest BCUT2D eigenvalue weighted by Gasteiger charge is 2.30. The van der Waals surface area contributed by atoms with Gasteiger partial charge in [-0.1, -0.05) is 18.2 Å². The van der Waals surface area contributed by atoms with Gasteiger partial charge in [-0.25, -0.2) is 9.18 Å². The summed E-state index contributed by atoms with van der Waals surface area (Å²) in [7, 11) is 1.52. The van der Waals surface area contributed by atoms with Crippen molar-refractivity contribution >= 4 is 12.0 Å². The maximum absolute atomic E-state index is 13.6. The van der Waals surface area contributed by atoms with Crippen molar-refractivity contribution in [2.75, 3.05) is 13.6 Å². The van der Waals surface area contributed by atoms with Crippen LogP contribution < -0.4 is 0 Å². The number of carbonyl (C=O) groups is 2. The zero-order chi connectivity index (χ0) is 16.2. The topological polar surface area (TPSA) is 60.9 Å². The number of amides is 2. The zero-order valence-corrected chi connectivity index (χ0v) is 12.8. The third-order valence-corrected chi connectivity index (χ3v) is 3.03. The molecule has 1 aromatic carbocycles. The second-order valence-corrected chi connectivity index (χ2v) is 5.88. The van der Waals surface area contributed by atoms with Gasteiger partial charge in [0.15, 0.2) is 0 Å². The molecule has 1 rings (SSSR count). The molecule has 6 heteroatoms. The normalized spacial score (nSPS) is 11.1. The van der Waals surface area contributed by atoms with E-state index in [4.69, 9.17) is 5.11 Å². The molecular formula is C15H21FN2O3. The van der Waals surface area contributed by atoms with Crippen LogP contribution in [-0.4, -0.2) is 46.0 Å². The molecule has 116 valence electrons. The van der Waals surface area contributed by atoms with Crippen LogP contribution in [-0.2, 0) is 11.3 Å². The van der Waals surface area contributed by atoms with Crippen molar-refractivity contribution in [1.82, 2.24) is 9.80 Å². The lowest BCUT2D eigenvalue weighted by Crippen LogP contribution is -2.52. The largest absolute Gasteiger partial charge is 0.480 e. The van der Waals surface area contributed by atoms with Gasteiger partial charge in [-0.3, -0.25) is 4.79 Å². The molecule has 0 aromatic heterocycles. The van der Waals surface area contributed by atoms with Gasteiger partial charge in [-0.2, -0.15) is 0 Å². The summed E-state index contributed by atoms with van der Waals surface area (Å²) < 4.78 is 13.6. The summed E-state index contributed by atoms with van der Waals surface area (Å²) in [6.07, 6.45) is 0. The van der Waals surface area contributed by atoms with E-state index in [0.717, 1.165) is 0 Å². The van der Waals surface area contributed by atoms with E-state index in [-0.39, 0.29) is 6.54 Å². The van der Waals surface area contributed by atoms with E-state index in [2.05, 4.69) is 0 Å². The van der Waals surface area contributed by atoms with E-state index in [0.29, 0.717) is 5.56 Å². The molecule has 5 nitrogen and oxygen atoms in total. The SMILES string of the molecule is CN(Cc1ccccc1F)C(=O)N(CC(=O)O)C(C)(C)C. The van der Waals surface area contributed by atoms with Crippen molar-refractivity contribution in [3.8, 4) is 0 Å². The number of urea groups is 1. The predicted molar refractivity (Wildman–Crippen MR) is 77.4 cm³/mol. The first-order chi connectivity index (χ1) is 9.62. The van der Waals surface area contributed by atoms with E-state index >= 15 is 0 Å². The van der Waals surface area contributed by atoms with Crippen LogP contribution in [0.4, 0.5) is 9.18 Å². The minimum atomic E-state index is -1.09. The van der Waals surface area contributed by atoms with Crippen molar-refractivity contribution in [3.05, 3.63) is 35.6 Å². The Kier molecular flexibility index (Phi) is 5.29. The number of benzene rings is 1. The molecule has 0 spiro atoms. The molecule has 0 saturated heterocycles. The van der Waals surface area contributed by atoms with Crippen LogP contribution in [0.3, 0.4) is 0 Å². The highest BCUT2D eigenvalue weighted by Crippen LogP contribution is 2.17. The lowest BCUT2D eigenvalue weighted by atomic mass is 10.1. The van der Waals surface area contributed by atoms with Crippen LogP contribution in [0.5, 0.6) is 0 Å². The lowest BCUT2D eigenvalue weighted by molar-refractivity contribution is -0.138. The predicted octanol–water partition coefficient (Wildman–Crippen LogP) is 2.56. The Morgan fingerprint density at radius 3 is 2.29 bits per heavy atom. The molecule has 1 N–H and O–H groups in total. The molecule has 0 aliphatic carbocycles. The Hall–Kier alpha value is -2.11. The number of carboxylic acid groups (broad SMARTS) is 1. The molecule has 2 amide bonds. The van der Waals surface area contributed by atoms with Gasteiger partial charge in [0.25, 0.3) is 0 Å². The zero-order valence-electron chi connectivity index (χ0n) is 12.8. The lowest BCUT2D eigenvalue weighted by Gasteiger charge is -2.37. The number of hydrogen-bond acceptors (Lipinski definition) is 2. The van der Waals surface area contributed by atoms with Crippen LogP contribution in [0, 0.1) is 5.82 Å². The first-order valence-electron chi connectivity index (χ1n) is 6.61. The van der Waals surface area contributed by atoms with Gasteiger partial charge >= 0.3 is 12.0 Å². The van der Waals surface area contributed by atoms with Gasteiger partial charge in [0.05, 0.1) is 0 Å². The molecular weight excluding hydrogens is 275 g/mol. The summed E-state index contributed by atoms with van der Waals surface area (Å²) >= 11 is 0. The molecule has 0 saturated carbocycles. The van der Waals surface area contributed by atoms with Crippen LogP contribution in [0.2, 0.25) is 0 Å². The highest BCUT2D eigenvalue weighted by molar-refractivity contribution is 5.80. The summed E-state index contributed by atoms with van der Waals surface area (Å²) in [6, 6.07) is 5.74. The number of hydrogen-bond donors (Lipinski definition) is 1. The fourth-order valence-corrected chi connectivity index (χ4v) is 1.88. The molecule has 1 aromatic rings. The number of aliphatic carboxylic acids is 1. The summed E-state index contributed by atoms with van der Waals surface area (Å²) in [5.41, 5.74) is -0.253. The third kappa shape index (κ3) is 4.73.